The second-order valence-electron chi connectivity index (χ2n) is 1.74. The van der Waals surface area contributed by atoms with Gasteiger partial charge >= 0.3 is 6.09 Å². The molecule has 0 aliphatic rings. The largest absolute Gasteiger partial charge is 0.453 e. The van der Waals surface area contributed by atoms with Gasteiger partial charge in [-0.25, -0.2) is 4.79 Å². The summed E-state index contributed by atoms with van der Waals surface area (Å²) in [7, 11) is 1.26. The number of Topliss-reactive ketones (excluding diaryl/α,β-unsaturated/α-hetero) is 1. The van der Waals surface area contributed by atoms with Crippen LogP contribution in [0.4, 0.5) is 4.79 Å². The van der Waals surface area contributed by atoms with Gasteiger partial charge in [0, 0.05) is 6.42 Å². The third-order valence-electron chi connectivity index (χ3n) is 1.01. The summed E-state index contributed by atoms with van der Waals surface area (Å²) in [5.41, 5.74) is 0. The number of amides is 1. The number of nitrogens with one attached hydrogen (secondary N) is 1. The van der Waals surface area contributed by atoms with E-state index in [2.05, 4.69) is 10.1 Å². The molecule has 1 N–H and O–H groups in total. The molecule has 0 heterocycles. The van der Waals surface area contributed by atoms with Gasteiger partial charge in [-0.3, -0.25) is 4.79 Å². The maximum atomic E-state index is 10.6. The molecule has 0 radical (unpaired) electrons. The molecule has 4 heteroatoms. The van der Waals surface area contributed by atoms with E-state index < -0.39 is 6.09 Å². The van der Waals surface area contributed by atoms with Crippen LogP contribution in [0.3, 0.4) is 0 Å². The average Bonchev–Trinajstić information content (AvgIpc) is 1.99. The maximum absolute atomic E-state index is 10.6. The molecule has 0 unspecified atom stereocenters. The van der Waals surface area contributed by atoms with Crippen molar-refractivity contribution in [3.8, 4) is 0 Å². The summed E-state index contributed by atoms with van der Waals surface area (Å²) >= 11 is 0. The lowest BCUT2D eigenvalue weighted by atomic mass is 10.3. The smallest absolute Gasteiger partial charge is 0.407 e. The Labute approximate surface area is 59.6 Å². The molecule has 0 aromatic carbocycles. The molecule has 0 bridgehead atoms. The zero-order chi connectivity index (χ0) is 7.98. The first-order valence-electron chi connectivity index (χ1n) is 3.04. The Balaban J connectivity index is 3.35. The van der Waals surface area contributed by atoms with E-state index in [-0.39, 0.29) is 12.3 Å². The van der Waals surface area contributed by atoms with E-state index in [0.717, 1.165) is 0 Å². The zero-order valence-corrected chi connectivity index (χ0v) is 6.14. The lowest BCUT2D eigenvalue weighted by Gasteiger charge is -1.99. The van der Waals surface area contributed by atoms with Gasteiger partial charge in [0.25, 0.3) is 0 Å². The van der Waals surface area contributed by atoms with Crippen LogP contribution in [0.2, 0.25) is 0 Å². The number of hydrogen-bond donors (Lipinski definition) is 1. The summed E-state index contributed by atoms with van der Waals surface area (Å²) in [6, 6.07) is 0. The van der Waals surface area contributed by atoms with Gasteiger partial charge < -0.3 is 10.1 Å². The Bertz CT molecular complexity index is 117. The molecular formula is C6H11NO3. The third kappa shape index (κ3) is 3.88. The molecule has 0 aromatic heterocycles. The second kappa shape index (κ2) is 4.78. The number of ether oxygens (including phenoxy) is 1. The number of rotatable bonds is 3. The fourth-order valence-corrected chi connectivity index (χ4v) is 0.368. The van der Waals surface area contributed by atoms with Gasteiger partial charge in [0.2, 0.25) is 0 Å². The van der Waals surface area contributed by atoms with Crippen LogP contribution in [0.25, 0.3) is 0 Å². The normalized spacial score (nSPS) is 8.60. The molecule has 0 aromatic rings. The highest BCUT2D eigenvalue weighted by atomic mass is 16.5. The topological polar surface area (TPSA) is 55.4 Å². The third-order valence-corrected chi connectivity index (χ3v) is 1.01. The number of ketones is 1. The monoisotopic (exact) mass is 145 g/mol. The number of hydrogen-bond acceptors (Lipinski definition) is 3. The molecule has 58 valence electrons. The highest BCUT2D eigenvalue weighted by Gasteiger charge is 2.00. The summed E-state index contributed by atoms with van der Waals surface area (Å²) in [6.07, 6.45) is -0.133. The van der Waals surface area contributed by atoms with E-state index in [1.807, 2.05) is 0 Å². The molecule has 4 nitrogen and oxygen atoms in total. The molecule has 0 rings (SSSR count). The number of methoxy groups -OCH3 is 1. The van der Waals surface area contributed by atoms with Gasteiger partial charge in [0.1, 0.15) is 0 Å². The number of carbonyl (C=O) groups excluding carboxylic acids is 2. The maximum Gasteiger partial charge on any atom is 0.407 e. The number of alkyl carbamates (subject to hydrolysis) is 1. The Hall–Kier alpha value is -1.06. The van der Waals surface area contributed by atoms with Crippen molar-refractivity contribution in [1.82, 2.24) is 5.32 Å². The van der Waals surface area contributed by atoms with Crippen molar-refractivity contribution < 1.29 is 14.3 Å². The Morgan fingerprint density at radius 3 is 2.50 bits per heavy atom. The molecule has 0 aliphatic carbocycles. The molecule has 0 atom stereocenters. The van der Waals surface area contributed by atoms with E-state index in [0.29, 0.717) is 6.42 Å². The summed E-state index contributed by atoms with van der Waals surface area (Å²) in [4.78, 5) is 20.9. The van der Waals surface area contributed by atoms with Crippen LogP contribution in [-0.4, -0.2) is 25.5 Å². The second-order valence-corrected chi connectivity index (χ2v) is 1.74. The van der Waals surface area contributed by atoms with E-state index >= 15 is 0 Å². The van der Waals surface area contributed by atoms with E-state index in [9.17, 15) is 9.59 Å². The van der Waals surface area contributed by atoms with Gasteiger partial charge in [0.05, 0.1) is 13.7 Å². The van der Waals surface area contributed by atoms with Gasteiger partial charge in [-0.1, -0.05) is 6.92 Å². The van der Waals surface area contributed by atoms with Crippen molar-refractivity contribution in [2.45, 2.75) is 13.3 Å². The van der Waals surface area contributed by atoms with Gasteiger partial charge in [-0.2, -0.15) is 0 Å². The van der Waals surface area contributed by atoms with Crippen molar-refractivity contribution in [3.63, 3.8) is 0 Å². The van der Waals surface area contributed by atoms with Crippen molar-refractivity contribution >= 4 is 11.9 Å². The lowest BCUT2D eigenvalue weighted by molar-refractivity contribution is -0.117. The van der Waals surface area contributed by atoms with Crippen LogP contribution in [-0.2, 0) is 9.53 Å². The van der Waals surface area contributed by atoms with Crippen molar-refractivity contribution in [1.29, 1.82) is 0 Å². The summed E-state index contributed by atoms with van der Waals surface area (Å²) in [6.45, 7) is 1.80. The minimum atomic E-state index is -0.568. The predicted octanol–water partition coefficient (Wildman–Crippen LogP) is 0.321. The predicted molar refractivity (Wildman–Crippen MR) is 35.7 cm³/mol. The van der Waals surface area contributed by atoms with Crippen LogP contribution in [0.5, 0.6) is 0 Å². The summed E-state index contributed by atoms with van der Waals surface area (Å²) in [5, 5.41) is 2.27. The van der Waals surface area contributed by atoms with Crippen LogP contribution < -0.4 is 5.32 Å². The quantitative estimate of drug-likeness (QED) is 0.622. The first-order valence-corrected chi connectivity index (χ1v) is 3.04. The highest BCUT2D eigenvalue weighted by Crippen LogP contribution is 1.78. The molecule has 0 fully saturated rings. The Morgan fingerprint density at radius 2 is 2.10 bits per heavy atom. The van der Waals surface area contributed by atoms with E-state index in [4.69, 9.17) is 0 Å². The standard InChI is InChI=1S/C6H11NO3/c1-3-5(8)4-7-6(9)10-2/h3-4H2,1-2H3,(H,7,9). The highest BCUT2D eigenvalue weighted by molar-refractivity contribution is 5.83. The molecule has 0 saturated carbocycles. The van der Waals surface area contributed by atoms with Crippen LogP contribution in [0.15, 0.2) is 0 Å². The van der Waals surface area contributed by atoms with E-state index in [1.54, 1.807) is 6.92 Å². The van der Waals surface area contributed by atoms with Crippen LogP contribution >= 0.6 is 0 Å². The molecular weight excluding hydrogens is 134 g/mol. The Kier molecular flexibility index (Phi) is 4.28. The van der Waals surface area contributed by atoms with Crippen LogP contribution in [0, 0.1) is 0 Å². The minimum absolute atomic E-state index is 0.00889. The fraction of sp³-hybridized carbons (Fsp3) is 0.667. The fourth-order valence-electron chi connectivity index (χ4n) is 0.368. The van der Waals surface area contributed by atoms with Gasteiger partial charge in [-0.05, 0) is 0 Å². The minimum Gasteiger partial charge on any atom is -0.453 e. The molecule has 10 heavy (non-hydrogen) atoms. The van der Waals surface area contributed by atoms with Gasteiger partial charge in [0.15, 0.2) is 5.78 Å². The van der Waals surface area contributed by atoms with Gasteiger partial charge in [-0.15, -0.1) is 0 Å². The van der Waals surface area contributed by atoms with Crippen molar-refractivity contribution in [2.24, 2.45) is 0 Å². The molecule has 0 spiro atoms. The van der Waals surface area contributed by atoms with Crippen molar-refractivity contribution in [2.75, 3.05) is 13.7 Å². The lowest BCUT2D eigenvalue weighted by Crippen LogP contribution is -2.28. The molecule has 1 amide bonds. The SMILES string of the molecule is CCC(=O)CNC(=O)OC. The van der Waals surface area contributed by atoms with E-state index in [1.165, 1.54) is 7.11 Å². The van der Waals surface area contributed by atoms with Crippen LogP contribution in [0.1, 0.15) is 13.3 Å². The summed E-state index contributed by atoms with van der Waals surface area (Å²) < 4.78 is 4.24. The first kappa shape index (κ1) is 8.94. The molecule has 0 aliphatic heterocycles. The zero-order valence-electron chi connectivity index (χ0n) is 6.14. The first-order chi connectivity index (χ1) is 4.70. The average molecular weight is 145 g/mol. The van der Waals surface area contributed by atoms with Crippen molar-refractivity contribution in [3.05, 3.63) is 0 Å². The number of carbonyl (C=O) groups is 2. The summed E-state index contributed by atoms with van der Waals surface area (Å²) in [5.74, 6) is -0.00889. The Morgan fingerprint density at radius 1 is 1.50 bits per heavy atom. The molecule has 0 saturated heterocycles.